The molecule has 0 radical (unpaired) electrons. The molecule has 0 atom stereocenters. The molecule has 1 aromatic heterocycles. The third-order valence-corrected chi connectivity index (χ3v) is 4.30. The van der Waals surface area contributed by atoms with Gasteiger partial charge in [0.1, 0.15) is 5.75 Å². The van der Waals surface area contributed by atoms with Crippen molar-refractivity contribution in [2.45, 2.75) is 32.0 Å². The average molecular weight is 336 g/mol. The van der Waals surface area contributed by atoms with E-state index >= 15 is 0 Å². The van der Waals surface area contributed by atoms with Crippen molar-refractivity contribution in [2.75, 3.05) is 7.11 Å². The fourth-order valence-corrected chi connectivity index (χ4v) is 2.52. The van der Waals surface area contributed by atoms with E-state index in [1.165, 1.54) is 24.1 Å². The molecule has 1 aliphatic rings. The largest absolute Gasteiger partial charge is 0.497 e. The first-order chi connectivity index (χ1) is 9.76. The maximum absolute atomic E-state index is 5.28. The fraction of sp³-hybridized carbons (Fsp3) is 0.400. The molecule has 1 aromatic carbocycles. The van der Waals surface area contributed by atoms with Gasteiger partial charge in [-0.15, -0.1) is 0 Å². The number of hydrogen-bond donors (Lipinski definition) is 1. The lowest BCUT2D eigenvalue weighted by Gasteiger charge is -2.11. The van der Waals surface area contributed by atoms with E-state index in [-0.39, 0.29) is 0 Å². The van der Waals surface area contributed by atoms with E-state index in [0.29, 0.717) is 6.04 Å². The molecule has 1 saturated carbocycles. The van der Waals surface area contributed by atoms with E-state index in [1.807, 2.05) is 29.1 Å². The number of nitrogens with zero attached hydrogens (tertiary/aromatic N) is 2. The molecular weight excluding hydrogens is 318 g/mol. The van der Waals surface area contributed by atoms with Gasteiger partial charge in [0.15, 0.2) is 0 Å². The molecule has 20 heavy (non-hydrogen) atoms. The topological polar surface area (TPSA) is 39.1 Å². The Balaban J connectivity index is 1.74. The van der Waals surface area contributed by atoms with E-state index in [0.717, 1.165) is 23.3 Å². The molecule has 1 fully saturated rings. The lowest BCUT2D eigenvalue weighted by atomic mass is 10.2. The zero-order valence-corrected chi connectivity index (χ0v) is 13.1. The van der Waals surface area contributed by atoms with Gasteiger partial charge in [-0.3, -0.25) is 4.68 Å². The minimum absolute atomic E-state index is 0.710. The zero-order valence-electron chi connectivity index (χ0n) is 11.5. The molecule has 0 aliphatic heterocycles. The molecule has 2 aromatic rings. The summed E-state index contributed by atoms with van der Waals surface area (Å²) in [5.41, 5.74) is 2.38. The first-order valence-electron chi connectivity index (χ1n) is 6.83. The third kappa shape index (κ3) is 3.22. The fourth-order valence-electron chi connectivity index (χ4n) is 2.15. The van der Waals surface area contributed by atoms with Crippen LogP contribution in [0, 0.1) is 0 Å². The Morgan fingerprint density at radius 1 is 1.40 bits per heavy atom. The smallest absolute Gasteiger partial charge is 0.119 e. The van der Waals surface area contributed by atoms with E-state index in [9.17, 15) is 0 Å². The predicted octanol–water partition coefficient (Wildman–Crippen LogP) is 2.95. The van der Waals surface area contributed by atoms with Crippen LogP contribution in [0.25, 0.3) is 0 Å². The summed E-state index contributed by atoms with van der Waals surface area (Å²) in [6.45, 7) is 1.62. The van der Waals surface area contributed by atoms with Gasteiger partial charge in [-0.2, -0.15) is 5.10 Å². The van der Waals surface area contributed by atoms with Crippen molar-refractivity contribution in [3.63, 3.8) is 0 Å². The number of halogens is 1. The first kappa shape index (κ1) is 13.6. The number of nitrogens with one attached hydrogen (secondary N) is 1. The van der Waals surface area contributed by atoms with Crippen LogP contribution in [-0.4, -0.2) is 22.9 Å². The lowest BCUT2D eigenvalue weighted by Crippen LogP contribution is -2.19. The van der Waals surface area contributed by atoms with Crippen LogP contribution in [0.2, 0.25) is 0 Å². The van der Waals surface area contributed by atoms with Crippen LogP contribution in [0.4, 0.5) is 0 Å². The Hall–Kier alpha value is -1.33. The number of hydrogen-bond acceptors (Lipinski definition) is 3. The Bertz CT molecular complexity index is 593. The van der Waals surface area contributed by atoms with Crippen LogP contribution in [0.3, 0.4) is 0 Å². The number of rotatable bonds is 6. The highest BCUT2D eigenvalue weighted by atomic mass is 79.9. The van der Waals surface area contributed by atoms with E-state index in [1.54, 1.807) is 7.11 Å². The van der Waals surface area contributed by atoms with Crippen molar-refractivity contribution < 1.29 is 4.74 Å². The van der Waals surface area contributed by atoms with Crippen molar-refractivity contribution in [3.8, 4) is 5.75 Å². The van der Waals surface area contributed by atoms with E-state index < -0.39 is 0 Å². The summed E-state index contributed by atoms with van der Waals surface area (Å²) in [6, 6.07) is 8.79. The van der Waals surface area contributed by atoms with Crippen LogP contribution in [0.15, 0.2) is 34.9 Å². The van der Waals surface area contributed by atoms with Gasteiger partial charge in [0, 0.05) is 23.3 Å². The summed E-state index contributed by atoms with van der Waals surface area (Å²) in [5, 5.41) is 7.95. The maximum Gasteiger partial charge on any atom is 0.119 e. The number of ether oxygens (including phenoxy) is 1. The summed E-state index contributed by atoms with van der Waals surface area (Å²) in [6.07, 6.45) is 4.46. The second-order valence-electron chi connectivity index (χ2n) is 5.09. The molecule has 1 N–H and O–H groups in total. The van der Waals surface area contributed by atoms with Gasteiger partial charge < -0.3 is 10.1 Å². The highest BCUT2D eigenvalue weighted by Gasteiger charge is 2.20. The van der Waals surface area contributed by atoms with Gasteiger partial charge in [-0.1, -0.05) is 15.9 Å². The summed E-state index contributed by atoms with van der Waals surface area (Å²) >= 11 is 3.59. The lowest BCUT2D eigenvalue weighted by molar-refractivity contribution is 0.414. The average Bonchev–Trinajstić information content (AvgIpc) is 3.19. The molecule has 5 heteroatoms. The normalized spacial score (nSPS) is 14.5. The van der Waals surface area contributed by atoms with E-state index in [2.05, 4.69) is 32.4 Å². The monoisotopic (exact) mass is 335 g/mol. The molecule has 0 saturated heterocycles. The molecular formula is C15H18BrN3O. The van der Waals surface area contributed by atoms with Gasteiger partial charge in [-0.25, -0.2) is 0 Å². The molecule has 0 amide bonds. The van der Waals surface area contributed by atoms with Crippen molar-refractivity contribution in [1.29, 1.82) is 0 Å². The van der Waals surface area contributed by atoms with E-state index in [4.69, 9.17) is 4.74 Å². The molecule has 0 spiro atoms. The molecule has 0 bridgehead atoms. The van der Waals surface area contributed by atoms with Crippen LogP contribution >= 0.6 is 15.9 Å². The van der Waals surface area contributed by atoms with Crippen LogP contribution in [0.5, 0.6) is 5.75 Å². The van der Waals surface area contributed by atoms with Crippen LogP contribution in [0.1, 0.15) is 24.1 Å². The summed E-state index contributed by atoms with van der Waals surface area (Å²) < 4.78 is 8.40. The Kier molecular flexibility index (Phi) is 4.08. The molecule has 3 rings (SSSR count). The van der Waals surface area contributed by atoms with Gasteiger partial charge >= 0.3 is 0 Å². The van der Waals surface area contributed by atoms with Gasteiger partial charge in [0.25, 0.3) is 0 Å². The molecule has 106 valence electrons. The van der Waals surface area contributed by atoms with Crippen molar-refractivity contribution >= 4 is 15.9 Å². The number of methoxy groups -OCH3 is 1. The number of benzene rings is 1. The van der Waals surface area contributed by atoms with Gasteiger partial charge in [0.2, 0.25) is 0 Å². The Labute approximate surface area is 127 Å². The Morgan fingerprint density at radius 3 is 3.00 bits per heavy atom. The number of aromatic nitrogens is 2. The maximum atomic E-state index is 5.28. The predicted molar refractivity (Wildman–Crippen MR) is 81.9 cm³/mol. The van der Waals surface area contributed by atoms with Gasteiger partial charge in [-0.05, 0) is 42.7 Å². The second-order valence-corrected chi connectivity index (χ2v) is 5.95. The summed E-state index contributed by atoms with van der Waals surface area (Å²) in [5.74, 6) is 0.869. The van der Waals surface area contributed by atoms with Gasteiger partial charge in [0.05, 0.1) is 19.3 Å². The SMILES string of the molecule is COc1ccc(Br)c(Cn2nccc2CNC2CC2)c1. The van der Waals surface area contributed by atoms with Crippen LogP contribution in [-0.2, 0) is 13.1 Å². The summed E-state index contributed by atoms with van der Waals surface area (Å²) in [4.78, 5) is 0. The molecule has 4 nitrogen and oxygen atoms in total. The minimum Gasteiger partial charge on any atom is -0.497 e. The zero-order chi connectivity index (χ0) is 13.9. The highest BCUT2D eigenvalue weighted by Crippen LogP contribution is 2.24. The molecule has 1 aliphatic carbocycles. The standard InChI is InChI=1S/C15H18BrN3O/c1-20-14-4-5-15(16)11(8-14)10-19-13(6-7-18-19)9-17-12-2-3-12/h4-8,12,17H,2-3,9-10H2,1H3. The Morgan fingerprint density at radius 2 is 2.25 bits per heavy atom. The van der Waals surface area contributed by atoms with Crippen LogP contribution < -0.4 is 10.1 Å². The first-order valence-corrected chi connectivity index (χ1v) is 7.62. The molecule has 1 heterocycles. The van der Waals surface area contributed by atoms with Crippen molar-refractivity contribution in [1.82, 2.24) is 15.1 Å². The highest BCUT2D eigenvalue weighted by molar-refractivity contribution is 9.10. The minimum atomic E-state index is 0.710. The van der Waals surface area contributed by atoms with Crippen molar-refractivity contribution in [3.05, 3.63) is 46.2 Å². The summed E-state index contributed by atoms with van der Waals surface area (Å²) in [7, 11) is 1.69. The second kappa shape index (κ2) is 5.97. The quantitative estimate of drug-likeness (QED) is 0.882. The third-order valence-electron chi connectivity index (χ3n) is 3.53. The molecule has 0 unspecified atom stereocenters. The van der Waals surface area contributed by atoms with Crippen molar-refractivity contribution in [2.24, 2.45) is 0 Å².